The van der Waals surface area contributed by atoms with Crippen molar-refractivity contribution in [3.63, 3.8) is 0 Å². The summed E-state index contributed by atoms with van der Waals surface area (Å²) in [6, 6.07) is 7.77. The largest absolute Gasteiger partial charge is 0.497 e. The van der Waals surface area contributed by atoms with E-state index in [-0.39, 0.29) is 0 Å². The van der Waals surface area contributed by atoms with Crippen molar-refractivity contribution in [3.05, 3.63) is 29.0 Å². The lowest BCUT2D eigenvalue weighted by atomic mass is 10.2. The minimum Gasteiger partial charge on any atom is -0.497 e. The van der Waals surface area contributed by atoms with Gasteiger partial charge in [0, 0.05) is 12.1 Å². The van der Waals surface area contributed by atoms with Gasteiger partial charge in [-0.1, -0.05) is 12.1 Å². The van der Waals surface area contributed by atoms with Crippen molar-refractivity contribution in [3.8, 4) is 17.1 Å². The third-order valence-corrected chi connectivity index (χ3v) is 2.71. The van der Waals surface area contributed by atoms with E-state index in [1.807, 2.05) is 35.8 Å². The maximum Gasteiger partial charge on any atom is 0.195 e. The first kappa shape index (κ1) is 10.9. The molecule has 1 N–H and O–H groups in total. The lowest BCUT2D eigenvalue weighted by Crippen LogP contribution is -1.97. The molecule has 2 rings (SSSR count). The number of aromatic amines is 1. The molecule has 84 valence electrons. The zero-order chi connectivity index (χ0) is 11.5. The van der Waals surface area contributed by atoms with Gasteiger partial charge in [0.05, 0.1) is 7.11 Å². The zero-order valence-corrected chi connectivity index (χ0v) is 10.0. The summed E-state index contributed by atoms with van der Waals surface area (Å²) in [7, 11) is 1.65. The highest BCUT2D eigenvalue weighted by molar-refractivity contribution is 7.71. The molecular weight excluding hydrogens is 222 g/mol. The van der Waals surface area contributed by atoms with Gasteiger partial charge >= 0.3 is 0 Å². The molecule has 5 heteroatoms. The van der Waals surface area contributed by atoms with Crippen molar-refractivity contribution in [2.45, 2.75) is 13.5 Å². The highest BCUT2D eigenvalue weighted by Crippen LogP contribution is 2.22. The van der Waals surface area contributed by atoms with Crippen LogP contribution >= 0.6 is 12.2 Å². The number of rotatable bonds is 3. The van der Waals surface area contributed by atoms with Gasteiger partial charge in [-0.15, -0.1) is 0 Å². The SMILES string of the molecule is CCn1c(-c2cccc(OC)c2)n[nH]c1=S. The van der Waals surface area contributed by atoms with Gasteiger partial charge in [0.25, 0.3) is 0 Å². The van der Waals surface area contributed by atoms with Crippen molar-refractivity contribution in [1.82, 2.24) is 14.8 Å². The molecule has 0 saturated heterocycles. The second kappa shape index (κ2) is 4.49. The maximum absolute atomic E-state index is 5.18. The Morgan fingerprint density at radius 2 is 2.31 bits per heavy atom. The molecule has 2 aromatic rings. The number of nitrogens with zero attached hydrogens (tertiary/aromatic N) is 2. The van der Waals surface area contributed by atoms with E-state index in [4.69, 9.17) is 17.0 Å². The maximum atomic E-state index is 5.18. The minimum absolute atomic E-state index is 0.639. The fraction of sp³-hybridized carbons (Fsp3) is 0.273. The van der Waals surface area contributed by atoms with Crippen LogP contribution in [0.25, 0.3) is 11.4 Å². The molecule has 1 heterocycles. The molecule has 0 atom stereocenters. The fourth-order valence-corrected chi connectivity index (χ4v) is 1.85. The highest BCUT2D eigenvalue weighted by atomic mass is 32.1. The van der Waals surface area contributed by atoms with E-state index < -0.39 is 0 Å². The lowest BCUT2D eigenvalue weighted by molar-refractivity contribution is 0.415. The van der Waals surface area contributed by atoms with Crippen LogP contribution in [0.5, 0.6) is 5.75 Å². The minimum atomic E-state index is 0.639. The molecule has 0 fully saturated rings. The summed E-state index contributed by atoms with van der Waals surface area (Å²) in [5.41, 5.74) is 0.994. The summed E-state index contributed by atoms with van der Waals surface area (Å²) in [4.78, 5) is 0. The third-order valence-electron chi connectivity index (χ3n) is 2.40. The quantitative estimate of drug-likeness (QED) is 0.832. The van der Waals surface area contributed by atoms with Crippen molar-refractivity contribution in [2.75, 3.05) is 7.11 Å². The first-order valence-electron chi connectivity index (χ1n) is 5.06. The Kier molecular flexibility index (Phi) is 3.05. The number of benzene rings is 1. The van der Waals surface area contributed by atoms with E-state index in [1.54, 1.807) is 7.11 Å². The molecule has 1 aromatic heterocycles. The van der Waals surface area contributed by atoms with Crippen LogP contribution in [0.15, 0.2) is 24.3 Å². The van der Waals surface area contributed by atoms with Crippen molar-refractivity contribution in [2.24, 2.45) is 0 Å². The Morgan fingerprint density at radius 1 is 1.50 bits per heavy atom. The van der Waals surface area contributed by atoms with Crippen molar-refractivity contribution < 1.29 is 4.74 Å². The summed E-state index contributed by atoms with van der Waals surface area (Å²) in [6.07, 6.45) is 0. The van der Waals surface area contributed by atoms with Crippen molar-refractivity contribution >= 4 is 12.2 Å². The normalized spacial score (nSPS) is 10.4. The highest BCUT2D eigenvalue weighted by Gasteiger charge is 2.07. The number of nitrogens with one attached hydrogen (secondary N) is 1. The fourth-order valence-electron chi connectivity index (χ4n) is 1.59. The molecule has 0 saturated carbocycles. The van der Waals surface area contributed by atoms with E-state index in [9.17, 15) is 0 Å². The van der Waals surface area contributed by atoms with Crippen LogP contribution in [0.1, 0.15) is 6.92 Å². The summed E-state index contributed by atoms with van der Waals surface area (Å²) in [5, 5.41) is 7.02. The van der Waals surface area contributed by atoms with Gasteiger partial charge in [-0.25, -0.2) is 0 Å². The summed E-state index contributed by atoms with van der Waals surface area (Å²) in [5.74, 6) is 1.65. The van der Waals surface area contributed by atoms with Crippen LogP contribution < -0.4 is 4.74 Å². The Bertz CT molecular complexity index is 544. The Morgan fingerprint density at radius 3 is 3.00 bits per heavy atom. The van der Waals surface area contributed by atoms with Gasteiger partial charge in [-0.05, 0) is 31.3 Å². The van der Waals surface area contributed by atoms with Crippen LogP contribution in [0.2, 0.25) is 0 Å². The molecule has 1 aromatic carbocycles. The first-order chi connectivity index (χ1) is 7.76. The zero-order valence-electron chi connectivity index (χ0n) is 9.23. The van der Waals surface area contributed by atoms with E-state index in [2.05, 4.69) is 10.2 Å². The second-order valence-corrected chi connectivity index (χ2v) is 3.72. The summed E-state index contributed by atoms with van der Waals surface area (Å²) < 4.78 is 7.77. The number of H-pyrrole nitrogens is 1. The van der Waals surface area contributed by atoms with E-state index in [1.165, 1.54) is 0 Å². The van der Waals surface area contributed by atoms with Gasteiger partial charge in [-0.3, -0.25) is 5.10 Å². The van der Waals surface area contributed by atoms with Gasteiger partial charge < -0.3 is 9.30 Å². The molecule has 0 amide bonds. The smallest absolute Gasteiger partial charge is 0.195 e. The number of hydrogen-bond donors (Lipinski definition) is 1. The summed E-state index contributed by atoms with van der Waals surface area (Å²) >= 11 is 5.15. The molecule has 16 heavy (non-hydrogen) atoms. The van der Waals surface area contributed by atoms with Crippen LogP contribution in [0.3, 0.4) is 0 Å². The third kappa shape index (κ3) is 1.86. The molecule has 4 nitrogen and oxygen atoms in total. The molecule has 0 unspecified atom stereocenters. The Balaban J connectivity index is 2.53. The predicted molar refractivity (Wildman–Crippen MR) is 65.1 cm³/mol. The number of hydrogen-bond acceptors (Lipinski definition) is 3. The standard InChI is InChI=1S/C11H13N3OS/c1-3-14-10(12-13-11(14)16)8-5-4-6-9(7-8)15-2/h4-7H,3H2,1-2H3,(H,13,16). The van der Waals surface area contributed by atoms with Gasteiger partial charge in [0.1, 0.15) is 5.75 Å². The first-order valence-corrected chi connectivity index (χ1v) is 5.46. The van der Waals surface area contributed by atoms with Crippen LogP contribution in [-0.2, 0) is 6.54 Å². The van der Waals surface area contributed by atoms with E-state index >= 15 is 0 Å². The monoisotopic (exact) mass is 235 g/mol. The van der Waals surface area contributed by atoms with E-state index in [0.717, 1.165) is 23.7 Å². The molecule has 0 aliphatic heterocycles. The van der Waals surface area contributed by atoms with Gasteiger partial charge in [0.2, 0.25) is 0 Å². The molecular formula is C11H13N3OS. The molecule has 0 aliphatic rings. The molecule has 0 aliphatic carbocycles. The molecule has 0 spiro atoms. The van der Waals surface area contributed by atoms with Crippen LogP contribution in [0, 0.1) is 4.77 Å². The topological polar surface area (TPSA) is 42.8 Å². The van der Waals surface area contributed by atoms with Gasteiger partial charge in [0.15, 0.2) is 10.6 Å². The van der Waals surface area contributed by atoms with Gasteiger partial charge in [-0.2, -0.15) is 5.10 Å². The average Bonchev–Trinajstić information content (AvgIpc) is 2.70. The molecule has 0 bridgehead atoms. The number of ether oxygens (including phenoxy) is 1. The lowest BCUT2D eigenvalue weighted by Gasteiger charge is -2.05. The van der Waals surface area contributed by atoms with Crippen molar-refractivity contribution in [1.29, 1.82) is 0 Å². The number of methoxy groups -OCH3 is 1. The van der Waals surface area contributed by atoms with Crippen LogP contribution in [0.4, 0.5) is 0 Å². The Labute approximate surface area is 98.9 Å². The number of aromatic nitrogens is 3. The predicted octanol–water partition coefficient (Wildman–Crippen LogP) is 2.64. The second-order valence-electron chi connectivity index (χ2n) is 3.33. The van der Waals surface area contributed by atoms with Crippen LogP contribution in [-0.4, -0.2) is 21.9 Å². The average molecular weight is 235 g/mol. The summed E-state index contributed by atoms with van der Waals surface area (Å²) in [6.45, 7) is 2.83. The molecule has 0 radical (unpaired) electrons. The Hall–Kier alpha value is -1.62. The van der Waals surface area contributed by atoms with E-state index in [0.29, 0.717) is 4.77 Å².